The first-order valence-electron chi connectivity index (χ1n) is 8.11. The molecule has 1 amide bonds. The number of rotatable bonds is 4. The van der Waals surface area contributed by atoms with Gasteiger partial charge in [-0.3, -0.25) is 4.79 Å². The molecule has 0 unspecified atom stereocenters. The molecule has 1 aliphatic rings. The van der Waals surface area contributed by atoms with Crippen LogP contribution in [0.4, 0.5) is 5.69 Å². The lowest BCUT2D eigenvalue weighted by molar-refractivity contribution is -0.113. The Morgan fingerprint density at radius 2 is 1.96 bits per heavy atom. The highest BCUT2D eigenvalue weighted by Crippen LogP contribution is 2.33. The zero-order valence-electron chi connectivity index (χ0n) is 14.7. The number of amides is 1. The van der Waals surface area contributed by atoms with E-state index in [1.165, 1.54) is 13.2 Å². The van der Waals surface area contributed by atoms with Gasteiger partial charge in [0.15, 0.2) is 16.6 Å². The zero-order valence-corrected chi connectivity index (χ0v) is 17.1. The Morgan fingerprint density at radius 3 is 2.63 bits per heavy atom. The number of methoxy groups -OCH3 is 1. The maximum Gasteiger partial charge on any atom is 0.255 e. The molecule has 3 rings (SSSR count). The van der Waals surface area contributed by atoms with E-state index in [1.807, 2.05) is 24.3 Å². The average molecular weight is 448 g/mol. The number of hydrogen-bond donors (Lipinski definition) is 4. The van der Waals surface area contributed by atoms with Crippen molar-refractivity contribution in [2.75, 3.05) is 12.4 Å². The minimum Gasteiger partial charge on any atom is -0.504 e. The number of nitrogens with one attached hydrogen (secondary N) is 3. The van der Waals surface area contributed by atoms with Crippen LogP contribution in [0.3, 0.4) is 0 Å². The summed E-state index contributed by atoms with van der Waals surface area (Å²) < 4.78 is 6.11. The number of anilines is 1. The first kappa shape index (κ1) is 19.2. The molecule has 1 atom stereocenters. The number of carbonyl (C=O) groups is 1. The summed E-state index contributed by atoms with van der Waals surface area (Å²) in [4.78, 5) is 13.0. The van der Waals surface area contributed by atoms with E-state index < -0.39 is 6.04 Å². The molecule has 0 radical (unpaired) electrons. The monoisotopic (exact) mass is 447 g/mol. The molecule has 4 N–H and O–H groups in total. The highest BCUT2D eigenvalue weighted by molar-refractivity contribution is 9.10. The minimum absolute atomic E-state index is 0.0272. The standard InChI is InChI=1S/C19H18BrN3O3S/c1-10-16(18(25)22-13-6-4-12(20)5-7-13)17(23-19(27)21-10)11-3-8-14(24)15(9-11)26-2/h3-9,17,24H,1-2H3,(H,22,25)(H2,21,23,27)/t17-/m0/s1. The third-order valence-electron chi connectivity index (χ3n) is 4.15. The molecule has 0 saturated heterocycles. The van der Waals surface area contributed by atoms with Crippen LogP contribution in [-0.2, 0) is 4.79 Å². The maximum atomic E-state index is 13.0. The summed E-state index contributed by atoms with van der Waals surface area (Å²) in [6.45, 7) is 1.80. The number of phenolic OH excluding ortho intramolecular Hbond substituents is 1. The molecule has 8 heteroatoms. The number of carbonyl (C=O) groups excluding carboxylic acids is 1. The van der Waals surface area contributed by atoms with Gasteiger partial charge in [-0.05, 0) is 61.1 Å². The normalized spacial score (nSPS) is 16.4. The van der Waals surface area contributed by atoms with Crippen LogP contribution in [0.5, 0.6) is 11.5 Å². The average Bonchev–Trinajstić information content (AvgIpc) is 2.63. The third-order valence-corrected chi connectivity index (χ3v) is 4.90. The Kier molecular flexibility index (Phi) is 5.67. The smallest absolute Gasteiger partial charge is 0.255 e. The lowest BCUT2D eigenvalue weighted by atomic mass is 9.94. The van der Waals surface area contributed by atoms with E-state index in [-0.39, 0.29) is 11.7 Å². The first-order chi connectivity index (χ1) is 12.9. The number of ether oxygens (including phenoxy) is 1. The Labute approximate surface area is 170 Å². The van der Waals surface area contributed by atoms with E-state index >= 15 is 0 Å². The van der Waals surface area contributed by atoms with Crippen molar-refractivity contribution in [2.45, 2.75) is 13.0 Å². The second-order valence-electron chi connectivity index (χ2n) is 5.96. The second-order valence-corrected chi connectivity index (χ2v) is 7.29. The molecule has 2 aromatic carbocycles. The number of halogens is 1. The van der Waals surface area contributed by atoms with E-state index in [9.17, 15) is 9.90 Å². The highest BCUT2D eigenvalue weighted by Gasteiger charge is 2.30. The van der Waals surface area contributed by atoms with E-state index in [0.717, 1.165) is 10.0 Å². The van der Waals surface area contributed by atoms with Gasteiger partial charge in [-0.2, -0.15) is 0 Å². The summed E-state index contributed by atoms with van der Waals surface area (Å²) in [6.07, 6.45) is 0. The highest BCUT2D eigenvalue weighted by atomic mass is 79.9. The van der Waals surface area contributed by atoms with Crippen LogP contribution < -0.4 is 20.7 Å². The van der Waals surface area contributed by atoms with Gasteiger partial charge in [0, 0.05) is 15.9 Å². The second kappa shape index (κ2) is 7.98. The predicted molar refractivity (Wildman–Crippen MR) is 112 cm³/mol. The van der Waals surface area contributed by atoms with Crippen molar-refractivity contribution in [3.05, 3.63) is 63.8 Å². The number of hydrogen-bond acceptors (Lipinski definition) is 4. The number of allylic oxidation sites excluding steroid dienone is 1. The number of benzene rings is 2. The summed E-state index contributed by atoms with van der Waals surface area (Å²) in [5.41, 5.74) is 2.58. The molecule has 6 nitrogen and oxygen atoms in total. The fourth-order valence-electron chi connectivity index (χ4n) is 2.85. The van der Waals surface area contributed by atoms with Gasteiger partial charge < -0.3 is 25.8 Å². The van der Waals surface area contributed by atoms with Crippen LogP contribution in [-0.4, -0.2) is 23.2 Å². The van der Waals surface area contributed by atoms with Crippen LogP contribution in [0.15, 0.2) is 58.2 Å². The van der Waals surface area contributed by atoms with Crippen LogP contribution in [0.1, 0.15) is 18.5 Å². The fraction of sp³-hybridized carbons (Fsp3) is 0.158. The van der Waals surface area contributed by atoms with Crippen molar-refractivity contribution in [1.82, 2.24) is 10.6 Å². The molecule has 0 aliphatic carbocycles. The molecule has 140 valence electrons. The van der Waals surface area contributed by atoms with Crippen LogP contribution >= 0.6 is 28.1 Å². The van der Waals surface area contributed by atoms with E-state index in [2.05, 4.69) is 31.9 Å². The Balaban J connectivity index is 1.96. The molecule has 1 heterocycles. The Hall–Kier alpha value is -2.58. The lowest BCUT2D eigenvalue weighted by Gasteiger charge is -2.30. The lowest BCUT2D eigenvalue weighted by Crippen LogP contribution is -2.45. The number of aromatic hydroxyl groups is 1. The molecule has 1 aliphatic heterocycles. The van der Waals surface area contributed by atoms with Crippen LogP contribution in [0.25, 0.3) is 0 Å². The molecule has 0 saturated carbocycles. The largest absolute Gasteiger partial charge is 0.504 e. The van der Waals surface area contributed by atoms with Gasteiger partial charge in [0.25, 0.3) is 5.91 Å². The molecule has 0 spiro atoms. The summed E-state index contributed by atoms with van der Waals surface area (Å²) in [5, 5.41) is 19.3. The Bertz CT molecular complexity index is 928. The molecular weight excluding hydrogens is 430 g/mol. The molecule has 0 aromatic heterocycles. The third kappa shape index (κ3) is 4.23. The van der Waals surface area contributed by atoms with E-state index in [4.69, 9.17) is 17.0 Å². The summed E-state index contributed by atoms with van der Waals surface area (Å²) >= 11 is 8.63. The first-order valence-corrected chi connectivity index (χ1v) is 9.31. The van der Waals surface area contributed by atoms with Crippen molar-refractivity contribution in [3.63, 3.8) is 0 Å². The fourth-order valence-corrected chi connectivity index (χ4v) is 3.39. The Morgan fingerprint density at radius 1 is 1.26 bits per heavy atom. The van der Waals surface area contributed by atoms with E-state index in [0.29, 0.717) is 27.8 Å². The molecule has 2 aromatic rings. The van der Waals surface area contributed by atoms with Crippen molar-refractivity contribution in [3.8, 4) is 11.5 Å². The topological polar surface area (TPSA) is 82.6 Å². The van der Waals surface area contributed by atoms with Crippen LogP contribution in [0.2, 0.25) is 0 Å². The summed E-state index contributed by atoms with van der Waals surface area (Å²) in [7, 11) is 1.47. The zero-order chi connectivity index (χ0) is 19.6. The van der Waals surface area contributed by atoms with Crippen molar-refractivity contribution < 1.29 is 14.6 Å². The van der Waals surface area contributed by atoms with E-state index in [1.54, 1.807) is 19.1 Å². The number of phenols is 1. The van der Waals surface area contributed by atoms with Gasteiger partial charge in [0.2, 0.25) is 0 Å². The van der Waals surface area contributed by atoms with Gasteiger partial charge in [0.1, 0.15) is 0 Å². The predicted octanol–water partition coefficient (Wildman–Crippen LogP) is 3.59. The molecule has 0 fully saturated rings. The van der Waals surface area contributed by atoms with Crippen molar-refractivity contribution in [2.24, 2.45) is 0 Å². The molecular formula is C19H18BrN3O3S. The van der Waals surface area contributed by atoms with Gasteiger partial charge in [-0.15, -0.1) is 0 Å². The van der Waals surface area contributed by atoms with Crippen molar-refractivity contribution >= 4 is 44.9 Å². The number of thiocarbonyl (C=S) groups is 1. The summed E-state index contributed by atoms with van der Waals surface area (Å²) in [6, 6.07) is 11.8. The quantitative estimate of drug-likeness (QED) is 0.536. The van der Waals surface area contributed by atoms with Crippen LogP contribution in [0, 0.1) is 0 Å². The van der Waals surface area contributed by atoms with Gasteiger partial charge >= 0.3 is 0 Å². The minimum atomic E-state index is -0.483. The van der Waals surface area contributed by atoms with Crippen molar-refractivity contribution in [1.29, 1.82) is 0 Å². The molecule has 27 heavy (non-hydrogen) atoms. The molecule has 0 bridgehead atoms. The van der Waals surface area contributed by atoms with Gasteiger partial charge in [-0.1, -0.05) is 22.0 Å². The van der Waals surface area contributed by atoms with Gasteiger partial charge in [0.05, 0.1) is 18.7 Å². The maximum absolute atomic E-state index is 13.0. The SMILES string of the molecule is COc1cc([C@@H]2NC(=S)NC(C)=C2C(=O)Nc2ccc(Br)cc2)ccc1O. The van der Waals surface area contributed by atoms with Gasteiger partial charge in [-0.25, -0.2) is 0 Å². The summed E-state index contributed by atoms with van der Waals surface area (Å²) in [5.74, 6) is 0.0952.